The first-order chi connectivity index (χ1) is 28.3. The lowest BCUT2D eigenvalue weighted by atomic mass is 9.85. The van der Waals surface area contributed by atoms with Gasteiger partial charge in [0.05, 0.1) is 0 Å². The van der Waals surface area contributed by atoms with Crippen LogP contribution in [0, 0.1) is 0 Å². The molecule has 0 aromatic heterocycles. The highest BCUT2D eigenvalue weighted by atomic mass is 16.5. The highest BCUT2D eigenvalue weighted by Gasteiger charge is 2.51. The second-order valence-corrected chi connectivity index (χ2v) is 14.5. The van der Waals surface area contributed by atoms with Crippen LogP contribution in [-0.2, 0) is 4.79 Å². The Bertz CT molecular complexity index is 878. The lowest BCUT2D eigenvalue weighted by Gasteiger charge is -2.39. The molecule has 372 valence electrons. The van der Waals surface area contributed by atoms with Gasteiger partial charge in [-0.3, -0.25) is 4.79 Å². The molecule has 0 spiro atoms. The monoisotopic (exact) mass is 928 g/mol. The molecule has 3 unspecified atom stereocenters. The Balaban J connectivity index is 0.000000742. The number of rotatable bonds is 0. The van der Waals surface area contributed by atoms with E-state index in [9.17, 15) is 4.79 Å². The van der Waals surface area contributed by atoms with Crippen LogP contribution >= 0.6 is 0 Å². The van der Waals surface area contributed by atoms with Crippen molar-refractivity contribution in [3.63, 3.8) is 0 Å². The predicted molar refractivity (Wildman–Crippen MR) is 191 cm³/mol. The predicted octanol–water partition coefficient (Wildman–Crippen LogP) is -17.9. The van der Waals surface area contributed by atoms with Crippen molar-refractivity contribution < 1.29 is 153 Å². The summed E-state index contributed by atoms with van der Waals surface area (Å²) in [6.07, 6.45) is -48.2. The third-order valence-corrected chi connectivity index (χ3v) is 10.3. The lowest BCUT2D eigenvalue weighted by Crippen LogP contribution is -2.63. The van der Waals surface area contributed by atoms with Crippen LogP contribution in [0.5, 0.6) is 0 Å². The average Bonchev–Trinajstić information content (AvgIpc) is 3.28. The standard InChI is InChI=1S/4C6H12O6.C6H10O6.C2H6/c5*7-1-2(8)4(10)6(12)5(11)3(1)9;1-2/h4*1-12H;1-5,7-11H;1-2H3/t;;;;1?,2-,3?,4?,5-;/m....0./s1. The highest BCUT2D eigenvalue weighted by molar-refractivity contribution is 5.89. The lowest BCUT2D eigenvalue weighted by molar-refractivity contribution is -0.223. The molecular weight excluding hydrogens is 864 g/mol. The summed E-state index contributed by atoms with van der Waals surface area (Å²) in [6.45, 7) is 4.00. The van der Waals surface area contributed by atoms with Gasteiger partial charge >= 0.3 is 0 Å². The molecule has 5 atom stereocenters. The second kappa shape index (κ2) is 26.0. The minimum atomic E-state index is -1.83. The second-order valence-electron chi connectivity index (χ2n) is 14.5. The zero-order valence-electron chi connectivity index (χ0n) is 32.6. The summed E-state index contributed by atoms with van der Waals surface area (Å²) >= 11 is 0. The largest absolute Gasteiger partial charge is 0.387 e. The van der Waals surface area contributed by atoms with E-state index in [1.807, 2.05) is 13.8 Å². The van der Waals surface area contributed by atoms with Gasteiger partial charge in [-0.1, -0.05) is 13.8 Å². The van der Waals surface area contributed by atoms with E-state index in [1.54, 1.807) is 0 Å². The van der Waals surface area contributed by atoms with Crippen LogP contribution in [0.1, 0.15) is 13.8 Å². The number of aliphatic hydroxyl groups is 29. The highest BCUT2D eigenvalue weighted by Crippen LogP contribution is 2.24. The Hall–Kier alpha value is -1.49. The van der Waals surface area contributed by atoms with Crippen molar-refractivity contribution in [1.29, 1.82) is 0 Å². The van der Waals surface area contributed by atoms with E-state index in [0.29, 0.717) is 0 Å². The third kappa shape index (κ3) is 13.8. The molecule has 0 radical (unpaired) electrons. The number of hydrogen-bond donors (Lipinski definition) is 29. The molecule has 0 aromatic rings. The Kier molecular flexibility index (Phi) is 25.4. The Morgan fingerprint density at radius 3 is 0.323 bits per heavy atom. The third-order valence-electron chi connectivity index (χ3n) is 10.3. The summed E-state index contributed by atoms with van der Waals surface area (Å²) in [5, 5.41) is 260. The van der Waals surface area contributed by atoms with Gasteiger partial charge in [-0.2, -0.15) is 0 Å². The van der Waals surface area contributed by atoms with Crippen molar-refractivity contribution in [3.8, 4) is 0 Å². The summed E-state index contributed by atoms with van der Waals surface area (Å²) < 4.78 is 0. The fourth-order valence-electron chi connectivity index (χ4n) is 5.94. The first-order valence-electron chi connectivity index (χ1n) is 18.6. The molecule has 0 amide bonds. The van der Waals surface area contributed by atoms with Gasteiger partial charge in [-0.05, 0) is 0 Å². The van der Waals surface area contributed by atoms with Crippen molar-refractivity contribution in [2.24, 2.45) is 0 Å². The van der Waals surface area contributed by atoms with Crippen molar-refractivity contribution in [2.75, 3.05) is 0 Å². The molecule has 5 fully saturated rings. The van der Waals surface area contributed by atoms with E-state index in [2.05, 4.69) is 0 Å². The van der Waals surface area contributed by atoms with Crippen molar-refractivity contribution in [1.82, 2.24) is 0 Å². The molecule has 0 bridgehead atoms. The minimum absolute atomic E-state index is 1.08. The molecule has 0 aromatic carbocycles. The zero-order chi connectivity index (χ0) is 49.3. The zero-order valence-corrected chi connectivity index (χ0v) is 32.6. The quantitative estimate of drug-likeness (QED) is 0.107. The van der Waals surface area contributed by atoms with Gasteiger partial charge < -0.3 is 148 Å². The van der Waals surface area contributed by atoms with Gasteiger partial charge in [0.15, 0.2) is 5.78 Å². The van der Waals surface area contributed by atoms with E-state index >= 15 is 0 Å². The number of Topliss-reactive ketones (excluding diaryl/α,β-unsaturated/α-hetero) is 1. The van der Waals surface area contributed by atoms with Crippen LogP contribution < -0.4 is 0 Å². The van der Waals surface area contributed by atoms with Gasteiger partial charge in [0.25, 0.3) is 0 Å². The SMILES string of the molecule is CC.O=C1C(O)[C@@H](O)C(O)C(O)[C@@H]1O.OC1C(O)C(O)C(O)C(O)C1O.OC1C(O)C(O)C(O)C(O)C1O.OC1C(O)C(O)C(O)C(O)C1O.OC1C(O)C(O)C(O)C(O)C1O. The van der Waals surface area contributed by atoms with Crippen LogP contribution in [0.15, 0.2) is 0 Å². The first kappa shape index (κ1) is 60.5. The maximum absolute atomic E-state index is 10.8. The van der Waals surface area contributed by atoms with E-state index in [4.69, 9.17) is 148 Å². The Morgan fingerprint density at radius 1 is 0.177 bits per heavy atom. The molecule has 5 saturated carbocycles. The maximum atomic E-state index is 10.8. The molecule has 0 heterocycles. The van der Waals surface area contributed by atoms with Gasteiger partial charge in [-0.15, -0.1) is 0 Å². The number of aliphatic hydroxyl groups excluding tert-OH is 29. The van der Waals surface area contributed by atoms with E-state index < -0.39 is 183 Å². The molecule has 30 nitrogen and oxygen atoms in total. The number of carbonyl (C=O) groups excluding carboxylic acids is 1. The Labute approximate surface area is 349 Å². The fraction of sp³-hybridized carbons (Fsp3) is 0.969. The van der Waals surface area contributed by atoms with Crippen LogP contribution in [0.3, 0.4) is 0 Å². The molecule has 29 N–H and O–H groups in total. The number of carbonyl (C=O) groups is 1. The molecule has 5 aliphatic rings. The van der Waals surface area contributed by atoms with E-state index in [0.717, 1.165) is 0 Å². The van der Waals surface area contributed by atoms with E-state index in [1.165, 1.54) is 0 Å². The number of hydrogen-bond acceptors (Lipinski definition) is 30. The fourth-order valence-corrected chi connectivity index (χ4v) is 5.94. The van der Waals surface area contributed by atoms with E-state index in [-0.39, 0.29) is 0 Å². The molecule has 5 rings (SSSR count). The number of ketones is 1. The van der Waals surface area contributed by atoms with Gasteiger partial charge in [0.2, 0.25) is 0 Å². The van der Waals surface area contributed by atoms with Crippen LogP contribution in [-0.4, -0.2) is 331 Å². The Morgan fingerprint density at radius 2 is 0.242 bits per heavy atom. The van der Waals surface area contributed by atoms with Crippen LogP contribution in [0.2, 0.25) is 0 Å². The van der Waals surface area contributed by atoms with Crippen molar-refractivity contribution in [3.05, 3.63) is 0 Å². The smallest absolute Gasteiger partial charge is 0.195 e. The van der Waals surface area contributed by atoms with Crippen LogP contribution in [0.25, 0.3) is 0 Å². The van der Waals surface area contributed by atoms with Crippen LogP contribution in [0.4, 0.5) is 0 Å². The molecule has 0 aliphatic heterocycles. The maximum Gasteiger partial charge on any atom is 0.195 e. The van der Waals surface area contributed by atoms with Gasteiger partial charge in [-0.25, -0.2) is 0 Å². The van der Waals surface area contributed by atoms with Gasteiger partial charge in [0.1, 0.15) is 177 Å². The summed E-state index contributed by atoms with van der Waals surface area (Å²) in [5.41, 5.74) is 0. The van der Waals surface area contributed by atoms with Gasteiger partial charge in [0, 0.05) is 0 Å². The first-order valence-corrected chi connectivity index (χ1v) is 18.6. The normalized spacial score (nSPS) is 52.6. The molecule has 30 heteroatoms. The summed E-state index contributed by atoms with van der Waals surface area (Å²) in [5.74, 6) is -1.08. The molecular formula is C32H64O30. The topological polar surface area (TPSA) is 604 Å². The summed E-state index contributed by atoms with van der Waals surface area (Å²) in [6, 6.07) is 0. The molecule has 0 saturated heterocycles. The van der Waals surface area contributed by atoms with Crippen molar-refractivity contribution >= 4 is 5.78 Å². The molecule has 5 aliphatic carbocycles. The summed E-state index contributed by atoms with van der Waals surface area (Å²) in [4.78, 5) is 10.8. The molecule has 62 heavy (non-hydrogen) atoms. The van der Waals surface area contributed by atoms with Crippen molar-refractivity contribution in [2.45, 2.75) is 191 Å². The summed E-state index contributed by atoms with van der Waals surface area (Å²) in [7, 11) is 0. The minimum Gasteiger partial charge on any atom is -0.387 e. The average molecular weight is 929 g/mol.